The van der Waals surface area contributed by atoms with E-state index in [1.54, 1.807) is 25.5 Å². The molecule has 0 spiro atoms. The van der Waals surface area contributed by atoms with E-state index in [4.69, 9.17) is 9.47 Å². The Morgan fingerprint density at radius 1 is 1.30 bits per heavy atom. The van der Waals surface area contributed by atoms with Gasteiger partial charge in [0.15, 0.2) is 5.96 Å². The number of thiazole rings is 1. The number of rotatable bonds is 9. The Morgan fingerprint density at radius 3 is 2.75 bits per heavy atom. The van der Waals surface area contributed by atoms with Crippen molar-refractivity contribution in [2.75, 3.05) is 47.1 Å². The van der Waals surface area contributed by atoms with Gasteiger partial charge in [0.05, 0.1) is 24.8 Å². The van der Waals surface area contributed by atoms with Crippen molar-refractivity contribution in [3.8, 4) is 0 Å². The van der Waals surface area contributed by atoms with E-state index in [1.807, 2.05) is 6.20 Å². The Labute approximate surface area is 124 Å². The van der Waals surface area contributed by atoms with Gasteiger partial charge in [-0.15, -0.1) is 11.3 Å². The van der Waals surface area contributed by atoms with Crippen LogP contribution in [0.5, 0.6) is 0 Å². The first-order valence-electron chi connectivity index (χ1n) is 6.68. The number of aliphatic imine (C=N–C) groups is 1. The molecule has 0 radical (unpaired) electrons. The Bertz CT molecular complexity index is 395. The minimum atomic E-state index is 0.619. The maximum atomic E-state index is 5.37. The van der Waals surface area contributed by atoms with Gasteiger partial charge in [-0.25, -0.2) is 4.98 Å². The second-order valence-corrected chi connectivity index (χ2v) is 5.46. The zero-order chi connectivity index (χ0) is 14.6. The third-order valence-electron chi connectivity index (χ3n) is 2.49. The second kappa shape index (κ2) is 10.6. The number of aromatic nitrogens is 1. The van der Waals surface area contributed by atoms with Gasteiger partial charge in [0, 0.05) is 44.7 Å². The number of hydrogen-bond acceptors (Lipinski definition) is 5. The zero-order valence-electron chi connectivity index (χ0n) is 12.4. The Kier molecular flexibility index (Phi) is 8.93. The van der Waals surface area contributed by atoms with Crippen LogP contribution < -0.4 is 10.6 Å². The Morgan fingerprint density at radius 2 is 2.10 bits per heavy atom. The molecular formula is C13H24N4O2S. The van der Waals surface area contributed by atoms with Crippen molar-refractivity contribution in [1.29, 1.82) is 0 Å². The molecule has 0 amide bonds. The molecule has 0 saturated carbocycles. The van der Waals surface area contributed by atoms with Crippen LogP contribution in [0, 0.1) is 6.92 Å². The molecule has 1 aromatic heterocycles. The number of hydrogen-bond donors (Lipinski definition) is 2. The highest BCUT2D eigenvalue weighted by Crippen LogP contribution is 2.10. The van der Waals surface area contributed by atoms with Crippen molar-refractivity contribution in [2.24, 2.45) is 4.99 Å². The van der Waals surface area contributed by atoms with E-state index in [1.165, 1.54) is 4.88 Å². The standard InChI is InChI=1S/C13H24N4O2S/c1-11-10-17-12(20-11)4-5-15-13(14-2)16-6-7-19-9-8-18-3/h10H,4-9H2,1-3H3,(H2,14,15,16). The van der Waals surface area contributed by atoms with Gasteiger partial charge in [0.1, 0.15) is 0 Å². The topological polar surface area (TPSA) is 67.8 Å². The fourth-order valence-electron chi connectivity index (χ4n) is 1.51. The van der Waals surface area contributed by atoms with Gasteiger partial charge in [-0.05, 0) is 6.92 Å². The number of guanidine groups is 1. The molecule has 0 aliphatic rings. The van der Waals surface area contributed by atoms with Gasteiger partial charge in [0.25, 0.3) is 0 Å². The SMILES string of the molecule is CN=C(NCCOCCOC)NCCc1ncc(C)s1. The van der Waals surface area contributed by atoms with Crippen LogP contribution in [0.25, 0.3) is 0 Å². The average Bonchev–Trinajstić information content (AvgIpc) is 2.86. The molecule has 6 nitrogen and oxygen atoms in total. The zero-order valence-corrected chi connectivity index (χ0v) is 13.3. The molecule has 20 heavy (non-hydrogen) atoms. The highest BCUT2D eigenvalue weighted by molar-refractivity contribution is 7.11. The molecule has 0 aromatic carbocycles. The third-order valence-corrected chi connectivity index (χ3v) is 3.47. The summed E-state index contributed by atoms with van der Waals surface area (Å²) in [6, 6.07) is 0. The van der Waals surface area contributed by atoms with Gasteiger partial charge in [-0.3, -0.25) is 4.99 Å². The highest BCUT2D eigenvalue weighted by Gasteiger charge is 2.00. The Hall–Kier alpha value is -1.18. The van der Waals surface area contributed by atoms with Gasteiger partial charge in [-0.1, -0.05) is 0 Å². The summed E-state index contributed by atoms with van der Waals surface area (Å²) in [5, 5.41) is 7.60. The summed E-state index contributed by atoms with van der Waals surface area (Å²) in [6.45, 7) is 5.49. The minimum absolute atomic E-state index is 0.619. The number of methoxy groups -OCH3 is 1. The van der Waals surface area contributed by atoms with Crippen LogP contribution in [0.2, 0.25) is 0 Å². The van der Waals surface area contributed by atoms with Crippen LogP contribution in [-0.4, -0.2) is 58.0 Å². The molecular weight excluding hydrogens is 276 g/mol. The molecule has 1 aromatic rings. The average molecular weight is 300 g/mol. The maximum absolute atomic E-state index is 5.37. The Balaban J connectivity index is 2.07. The third kappa shape index (κ3) is 7.42. The summed E-state index contributed by atoms with van der Waals surface area (Å²) in [6.07, 6.45) is 2.81. The summed E-state index contributed by atoms with van der Waals surface area (Å²) in [7, 11) is 3.42. The van der Waals surface area contributed by atoms with Crippen molar-refractivity contribution < 1.29 is 9.47 Å². The van der Waals surface area contributed by atoms with Crippen molar-refractivity contribution in [3.05, 3.63) is 16.1 Å². The molecule has 2 N–H and O–H groups in total. The van der Waals surface area contributed by atoms with Crippen LogP contribution in [0.3, 0.4) is 0 Å². The lowest BCUT2D eigenvalue weighted by Crippen LogP contribution is -2.39. The van der Waals surface area contributed by atoms with E-state index in [-0.39, 0.29) is 0 Å². The van der Waals surface area contributed by atoms with E-state index in [0.717, 1.165) is 30.5 Å². The molecule has 0 bridgehead atoms. The van der Waals surface area contributed by atoms with Crippen molar-refractivity contribution in [3.63, 3.8) is 0 Å². The molecule has 0 aliphatic heterocycles. The van der Waals surface area contributed by atoms with Crippen molar-refractivity contribution in [2.45, 2.75) is 13.3 Å². The van der Waals surface area contributed by atoms with Crippen LogP contribution in [0.4, 0.5) is 0 Å². The molecule has 7 heteroatoms. The molecule has 1 heterocycles. The molecule has 0 unspecified atom stereocenters. The van der Waals surface area contributed by atoms with E-state index < -0.39 is 0 Å². The molecule has 0 atom stereocenters. The predicted molar refractivity (Wildman–Crippen MR) is 82.6 cm³/mol. The van der Waals surface area contributed by atoms with Crippen molar-refractivity contribution >= 4 is 17.3 Å². The molecule has 0 saturated heterocycles. The summed E-state index contributed by atoms with van der Waals surface area (Å²) in [5.41, 5.74) is 0. The van der Waals surface area contributed by atoms with Crippen LogP contribution in [0.15, 0.2) is 11.2 Å². The van der Waals surface area contributed by atoms with Crippen LogP contribution >= 0.6 is 11.3 Å². The molecule has 0 aliphatic carbocycles. The fraction of sp³-hybridized carbons (Fsp3) is 0.692. The quantitative estimate of drug-likeness (QED) is 0.401. The largest absolute Gasteiger partial charge is 0.382 e. The minimum Gasteiger partial charge on any atom is -0.382 e. The van der Waals surface area contributed by atoms with E-state index >= 15 is 0 Å². The second-order valence-electron chi connectivity index (χ2n) is 4.15. The first kappa shape index (κ1) is 16.9. The van der Waals surface area contributed by atoms with Crippen LogP contribution in [0.1, 0.15) is 9.88 Å². The van der Waals surface area contributed by atoms with E-state index in [0.29, 0.717) is 19.8 Å². The lowest BCUT2D eigenvalue weighted by Gasteiger charge is -2.11. The van der Waals surface area contributed by atoms with Crippen LogP contribution in [-0.2, 0) is 15.9 Å². The van der Waals surface area contributed by atoms with Gasteiger partial charge in [-0.2, -0.15) is 0 Å². The normalized spacial score (nSPS) is 11.7. The first-order chi connectivity index (χ1) is 9.76. The fourth-order valence-corrected chi connectivity index (χ4v) is 2.30. The van der Waals surface area contributed by atoms with E-state index in [9.17, 15) is 0 Å². The summed E-state index contributed by atoms with van der Waals surface area (Å²) < 4.78 is 10.3. The number of aryl methyl sites for hydroxylation is 1. The summed E-state index contributed by atoms with van der Waals surface area (Å²) in [5.74, 6) is 0.786. The van der Waals surface area contributed by atoms with Gasteiger partial charge >= 0.3 is 0 Å². The number of nitrogens with zero attached hydrogens (tertiary/aromatic N) is 2. The summed E-state index contributed by atoms with van der Waals surface area (Å²) in [4.78, 5) is 9.73. The van der Waals surface area contributed by atoms with Gasteiger partial charge < -0.3 is 20.1 Å². The maximum Gasteiger partial charge on any atom is 0.191 e. The van der Waals surface area contributed by atoms with Crippen molar-refractivity contribution in [1.82, 2.24) is 15.6 Å². The van der Waals surface area contributed by atoms with Gasteiger partial charge in [0.2, 0.25) is 0 Å². The highest BCUT2D eigenvalue weighted by atomic mass is 32.1. The smallest absolute Gasteiger partial charge is 0.191 e. The van der Waals surface area contributed by atoms with E-state index in [2.05, 4.69) is 27.5 Å². The monoisotopic (exact) mass is 300 g/mol. The lowest BCUT2D eigenvalue weighted by atomic mass is 10.4. The first-order valence-corrected chi connectivity index (χ1v) is 7.50. The number of nitrogens with one attached hydrogen (secondary N) is 2. The molecule has 1 rings (SSSR count). The molecule has 114 valence electrons. The number of ether oxygens (including phenoxy) is 2. The lowest BCUT2D eigenvalue weighted by molar-refractivity contribution is 0.0733. The molecule has 0 fully saturated rings. The summed E-state index contributed by atoms with van der Waals surface area (Å²) >= 11 is 1.73. The predicted octanol–water partition coefficient (Wildman–Crippen LogP) is 0.822.